The Labute approximate surface area is 81.7 Å². The first-order chi connectivity index (χ1) is 6.24. The van der Waals surface area contributed by atoms with E-state index >= 15 is 0 Å². The first kappa shape index (κ1) is 12.5. The van der Waals surface area contributed by atoms with Crippen molar-refractivity contribution in [3.05, 3.63) is 0 Å². The second kappa shape index (κ2) is 8.09. The normalized spacial score (nSPS) is 12.5. The summed E-state index contributed by atoms with van der Waals surface area (Å²) < 4.78 is 4.92. The molecule has 0 aliphatic rings. The van der Waals surface area contributed by atoms with Crippen LogP contribution in [0.2, 0.25) is 0 Å². The summed E-state index contributed by atoms with van der Waals surface area (Å²) in [5.41, 5.74) is 0. The third-order valence-corrected chi connectivity index (χ3v) is 2.30. The molecule has 0 saturated heterocycles. The summed E-state index contributed by atoms with van der Waals surface area (Å²) in [5, 5.41) is 0. The molecule has 0 aliphatic heterocycles. The number of rotatable bonds is 7. The van der Waals surface area contributed by atoms with E-state index in [1.807, 2.05) is 6.92 Å². The van der Waals surface area contributed by atoms with Crippen LogP contribution >= 0.6 is 0 Å². The molecule has 0 heterocycles. The molecule has 0 spiro atoms. The van der Waals surface area contributed by atoms with Crippen molar-refractivity contribution in [1.29, 1.82) is 0 Å². The molecule has 0 bridgehead atoms. The minimum absolute atomic E-state index is 0.0366. The van der Waals surface area contributed by atoms with E-state index in [1.165, 1.54) is 12.8 Å². The van der Waals surface area contributed by atoms with E-state index in [0.29, 0.717) is 18.9 Å². The minimum atomic E-state index is -0.0366. The summed E-state index contributed by atoms with van der Waals surface area (Å²) in [6.07, 6.45) is 5.27. The van der Waals surface area contributed by atoms with Gasteiger partial charge in [0.05, 0.1) is 6.61 Å². The van der Waals surface area contributed by atoms with Crippen molar-refractivity contribution in [2.45, 2.75) is 52.9 Å². The number of hydrogen-bond donors (Lipinski definition) is 0. The summed E-state index contributed by atoms with van der Waals surface area (Å²) >= 11 is 0. The van der Waals surface area contributed by atoms with Gasteiger partial charge in [-0.3, -0.25) is 4.79 Å². The fourth-order valence-corrected chi connectivity index (χ4v) is 1.40. The van der Waals surface area contributed by atoms with Gasteiger partial charge < -0.3 is 4.74 Å². The van der Waals surface area contributed by atoms with Crippen LogP contribution in [0.4, 0.5) is 0 Å². The van der Waals surface area contributed by atoms with Crippen LogP contribution in [0.25, 0.3) is 0 Å². The average Bonchev–Trinajstić information content (AvgIpc) is 2.12. The Hall–Kier alpha value is -0.530. The molecule has 0 rings (SSSR count). The second-order valence-electron chi connectivity index (χ2n) is 3.43. The fourth-order valence-electron chi connectivity index (χ4n) is 1.40. The van der Waals surface area contributed by atoms with Gasteiger partial charge in [-0.2, -0.15) is 0 Å². The van der Waals surface area contributed by atoms with Crippen molar-refractivity contribution in [2.24, 2.45) is 5.92 Å². The Morgan fingerprint density at radius 2 is 2.00 bits per heavy atom. The summed E-state index contributed by atoms with van der Waals surface area (Å²) in [5.74, 6) is 0.490. The monoisotopic (exact) mass is 186 g/mol. The molecule has 0 aromatic carbocycles. The second-order valence-corrected chi connectivity index (χ2v) is 3.43. The maximum absolute atomic E-state index is 11.2. The zero-order valence-corrected chi connectivity index (χ0v) is 9.14. The number of esters is 1. The van der Waals surface area contributed by atoms with Gasteiger partial charge in [0, 0.05) is 6.42 Å². The van der Waals surface area contributed by atoms with E-state index in [0.717, 1.165) is 12.8 Å². The Bertz CT molecular complexity index is 132. The van der Waals surface area contributed by atoms with Crippen molar-refractivity contribution in [1.82, 2.24) is 0 Å². The zero-order chi connectivity index (χ0) is 10.1. The quantitative estimate of drug-likeness (QED) is 0.571. The zero-order valence-electron chi connectivity index (χ0n) is 9.14. The molecule has 0 radical (unpaired) electrons. The van der Waals surface area contributed by atoms with Crippen LogP contribution in [0.3, 0.4) is 0 Å². The van der Waals surface area contributed by atoms with Gasteiger partial charge >= 0.3 is 5.97 Å². The predicted octanol–water partition coefficient (Wildman–Crippen LogP) is 3.16. The lowest BCUT2D eigenvalue weighted by Crippen LogP contribution is -2.11. The highest BCUT2D eigenvalue weighted by Gasteiger charge is 2.11. The van der Waals surface area contributed by atoms with E-state index in [2.05, 4.69) is 13.8 Å². The Morgan fingerprint density at radius 3 is 2.46 bits per heavy atom. The summed E-state index contributed by atoms with van der Waals surface area (Å²) in [7, 11) is 0. The first-order valence-corrected chi connectivity index (χ1v) is 5.40. The maximum Gasteiger partial charge on any atom is 0.306 e. The molecular formula is C11H22O2. The highest BCUT2D eigenvalue weighted by molar-refractivity contribution is 5.69. The van der Waals surface area contributed by atoms with Crippen LogP contribution in [0.5, 0.6) is 0 Å². The van der Waals surface area contributed by atoms with Crippen LogP contribution < -0.4 is 0 Å². The number of carbonyl (C=O) groups is 1. The summed E-state index contributed by atoms with van der Waals surface area (Å²) in [6.45, 7) is 6.67. The largest absolute Gasteiger partial charge is 0.466 e. The molecule has 0 unspecified atom stereocenters. The SMILES string of the molecule is CCCC[C@H](CC)CC(=O)OCC. The van der Waals surface area contributed by atoms with E-state index in [4.69, 9.17) is 4.74 Å². The van der Waals surface area contributed by atoms with Gasteiger partial charge in [-0.1, -0.05) is 33.1 Å². The Morgan fingerprint density at radius 1 is 1.31 bits per heavy atom. The van der Waals surface area contributed by atoms with E-state index in [1.54, 1.807) is 0 Å². The van der Waals surface area contributed by atoms with E-state index in [-0.39, 0.29) is 5.97 Å². The number of hydrogen-bond acceptors (Lipinski definition) is 2. The number of unbranched alkanes of at least 4 members (excludes halogenated alkanes) is 1. The molecule has 0 aromatic rings. The Balaban J connectivity index is 3.62. The van der Waals surface area contributed by atoms with Gasteiger partial charge in [0.15, 0.2) is 0 Å². The smallest absolute Gasteiger partial charge is 0.306 e. The molecule has 0 aliphatic carbocycles. The molecule has 0 fully saturated rings. The lowest BCUT2D eigenvalue weighted by Gasteiger charge is -2.12. The highest BCUT2D eigenvalue weighted by atomic mass is 16.5. The molecule has 1 atom stereocenters. The first-order valence-electron chi connectivity index (χ1n) is 5.40. The molecule has 13 heavy (non-hydrogen) atoms. The number of ether oxygens (including phenoxy) is 1. The lowest BCUT2D eigenvalue weighted by molar-refractivity contribution is -0.144. The molecule has 0 amide bonds. The van der Waals surface area contributed by atoms with Crippen molar-refractivity contribution in [2.75, 3.05) is 6.61 Å². The van der Waals surface area contributed by atoms with Crippen molar-refractivity contribution >= 4 is 5.97 Å². The Kier molecular flexibility index (Phi) is 7.76. The molecule has 2 heteroatoms. The lowest BCUT2D eigenvalue weighted by atomic mass is 9.96. The van der Waals surface area contributed by atoms with Crippen molar-refractivity contribution < 1.29 is 9.53 Å². The molecule has 0 N–H and O–H groups in total. The maximum atomic E-state index is 11.2. The van der Waals surface area contributed by atoms with E-state index in [9.17, 15) is 4.79 Å². The molecular weight excluding hydrogens is 164 g/mol. The number of carbonyl (C=O) groups excluding carboxylic acids is 1. The van der Waals surface area contributed by atoms with Crippen LogP contribution in [0, 0.1) is 5.92 Å². The predicted molar refractivity (Wildman–Crippen MR) is 54.6 cm³/mol. The third-order valence-electron chi connectivity index (χ3n) is 2.30. The van der Waals surface area contributed by atoms with Gasteiger partial charge in [-0.15, -0.1) is 0 Å². The topological polar surface area (TPSA) is 26.3 Å². The average molecular weight is 186 g/mol. The molecule has 78 valence electrons. The minimum Gasteiger partial charge on any atom is -0.466 e. The third kappa shape index (κ3) is 6.62. The standard InChI is InChI=1S/C11H22O2/c1-4-7-8-10(5-2)9-11(12)13-6-3/h10H,4-9H2,1-3H3/t10-/m0/s1. The highest BCUT2D eigenvalue weighted by Crippen LogP contribution is 2.16. The van der Waals surface area contributed by atoms with E-state index < -0.39 is 0 Å². The van der Waals surface area contributed by atoms with Gasteiger partial charge in [0.2, 0.25) is 0 Å². The summed E-state index contributed by atoms with van der Waals surface area (Å²) in [4.78, 5) is 11.2. The van der Waals surface area contributed by atoms with Gasteiger partial charge in [0.1, 0.15) is 0 Å². The van der Waals surface area contributed by atoms with Crippen molar-refractivity contribution in [3.8, 4) is 0 Å². The summed E-state index contributed by atoms with van der Waals surface area (Å²) in [6, 6.07) is 0. The molecule has 2 nitrogen and oxygen atoms in total. The fraction of sp³-hybridized carbons (Fsp3) is 0.909. The van der Waals surface area contributed by atoms with Gasteiger partial charge in [-0.05, 0) is 19.3 Å². The molecule has 0 saturated carbocycles. The van der Waals surface area contributed by atoms with Crippen LogP contribution in [0.1, 0.15) is 52.9 Å². The van der Waals surface area contributed by atoms with Gasteiger partial charge in [-0.25, -0.2) is 0 Å². The molecule has 0 aromatic heterocycles. The van der Waals surface area contributed by atoms with Crippen LogP contribution in [0.15, 0.2) is 0 Å². The van der Waals surface area contributed by atoms with Gasteiger partial charge in [0.25, 0.3) is 0 Å². The van der Waals surface area contributed by atoms with Crippen molar-refractivity contribution in [3.63, 3.8) is 0 Å². The van der Waals surface area contributed by atoms with Crippen LogP contribution in [-0.2, 0) is 9.53 Å². The van der Waals surface area contributed by atoms with Crippen LogP contribution in [-0.4, -0.2) is 12.6 Å².